The molecule has 0 atom stereocenters. The van der Waals surface area contributed by atoms with Crippen LogP contribution in [-0.2, 0) is 0 Å². The molecule has 0 unspecified atom stereocenters. The molecule has 1 N–H and O–H groups in total. The number of fused-ring (bicyclic) bond motifs is 1. The molecule has 8 heteroatoms. The Bertz CT molecular complexity index is 1020. The minimum absolute atomic E-state index is 0.131. The first-order valence-electron chi connectivity index (χ1n) is 9.44. The molecule has 3 rings (SSSR count). The van der Waals surface area contributed by atoms with E-state index in [-0.39, 0.29) is 17.2 Å². The van der Waals surface area contributed by atoms with Crippen molar-refractivity contribution in [2.45, 2.75) is 27.7 Å². The monoisotopic (exact) mass is 394 g/mol. The third-order valence-corrected chi connectivity index (χ3v) is 4.63. The van der Waals surface area contributed by atoms with Crippen molar-refractivity contribution in [1.29, 1.82) is 0 Å². The highest BCUT2D eigenvalue weighted by molar-refractivity contribution is 5.94. The van der Waals surface area contributed by atoms with Gasteiger partial charge in [-0.3, -0.25) is 14.6 Å². The maximum absolute atomic E-state index is 12.8. The molecule has 3 aromatic rings. The highest BCUT2D eigenvalue weighted by Crippen LogP contribution is 2.18. The summed E-state index contributed by atoms with van der Waals surface area (Å²) < 4.78 is 1.56. The molecule has 29 heavy (non-hydrogen) atoms. The Labute approximate surface area is 170 Å². The van der Waals surface area contributed by atoms with Crippen LogP contribution in [0, 0.1) is 19.3 Å². The van der Waals surface area contributed by atoms with Crippen LogP contribution in [0.3, 0.4) is 0 Å². The Morgan fingerprint density at radius 3 is 2.66 bits per heavy atom. The summed E-state index contributed by atoms with van der Waals surface area (Å²) in [7, 11) is 1.75. The second-order valence-corrected chi connectivity index (χ2v) is 8.14. The number of amides is 2. The van der Waals surface area contributed by atoms with E-state index in [1.807, 2.05) is 33.8 Å². The molecule has 0 saturated heterocycles. The van der Waals surface area contributed by atoms with E-state index in [2.05, 4.69) is 20.4 Å². The summed E-state index contributed by atoms with van der Waals surface area (Å²) in [6, 6.07) is 5.34. The first kappa shape index (κ1) is 20.4. The zero-order valence-corrected chi connectivity index (χ0v) is 17.4. The van der Waals surface area contributed by atoms with Crippen LogP contribution in [0.2, 0.25) is 0 Å². The Hall–Kier alpha value is -3.29. The van der Waals surface area contributed by atoms with Gasteiger partial charge in [0.2, 0.25) is 0 Å². The van der Waals surface area contributed by atoms with Crippen LogP contribution in [-0.4, -0.2) is 56.4 Å². The van der Waals surface area contributed by atoms with Crippen LogP contribution in [0.15, 0.2) is 36.8 Å². The summed E-state index contributed by atoms with van der Waals surface area (Å²) >= 11 is 0. The third kappa shape index (κ3) is 4.77. The van der Waals surface area contributed by atoms with Crippen LogP contribution in [0.5, 0.6) is 0 Å². The summed E-state index contributed by atoms with van der Waals surface area (Å²) in [4.78, 5) is 35.3. The Kier molecular flexibility index (Phi) is 5.63. The molecule has 3 aromatic heterocycles. The van der Waals surface area contributed by atoms with E-state index >= 15 is 0 Å². The molecule has 0 aromatic carbocycles. The van der Waals surface area contributed by atoms with Gasteiger partial charge in [0.05, 0.1) is 0 Å². The Balaban J connectivity index is 1.61. The number of carbonyl (C=O) groups excluding carboxylic acids is 2. The number of aryl methyl sites for hydroxylation is 2. The fourth-order valence-corrected chi connectivity index (χ4v) is 3.24. The number of rotatable bonds is 6. The maximum atomic E-state index is 12.8. The fourth-order valence-electron chi connectivity index (χ4n) is 3.24. The number of carbonyl (C=O) groups is 2. The fraction of sp³-hybridized carbons (Fsp3) is 0.381. The van der Waals surface area contributed by atoms with Gasteiger partial charge in [-0.05, 0) is 36.5 Å². The first-order valence-corrected chi connectivity index (χ1v) is 9.44. The molecule has 152 valence electrons. The minimum Gasteiger partial charge on any atom is -0.350 e. The number of hydrogen-bond acceptors (Lipinski definition) is 5. The predicted octanol–water partition coefficient (Wildman–Crippen LogP) is 2.27. The lowest BCUT2D eigenvalue weighted by molar-refractivity contribution is 0.0724. The highest BCUT2D eigenvalue weighted by atomic mass is 16.2. The highest BCUT2D eigenvalue weighted by Gasteiger charge is 2.26. The molecule has 0 saturated carbocycles. The van der Waals surface area contributed by atoms with Crippen molar-refractivity contribution in [3.05, 3.63) is 59.3 Å². The van der Waals surface area contributed by atoms with Gasteiger partial charge in [0.15, 0.2) is 11.3 Å². The van der Waals surface area contributed by atoms with Crippen molar-refractivity contribution in [1.82, 2.24) is 29.8 Å². The van der Waals surface area contributed by atoms with E-state index in [1.54, 1.807) is 47.2 Å². The van der Waals surface area contributed by atoms with Crippen molar-refractivity contribution < 1.29 is 9.59 Å². The predicted molar refractivity (Wildman–Crippen MR) is 110 cm³/mol. The van der Waals surface area contributed by atoms with E-state index in [4.69, 9.17) is 0 Å². The molecular formula is C21H26N6O2. The quantitative estimate of drug-likeness (QED) is 0.692. The van der Waals surface area contributed by atoms with E-state index in [1.165, 1.54) is 0 Å². The van der Waals surface area contributed by atoms with E-state index in [0.29, 0.717) is 30.1 Å². The number of aromatic nitrogens is 4. The molecular weight excluding hydrogens is 368 g/mol. The van der Waals surface area contributed by atoms with Gasteiger partial charge in [-0.1, -0.05) is 19.9 Å². The lowest BCUT2D eigenvalue weighted by Crippen LogP contribution is -2.43. The number of nitrogens with zero attached hydrogens (tertiary/aromatic N) is 5. The number of pyridine rings is 1. The SMILES string of the molecule is Cc1cnc(C(=O)N(C)CC(C)(C)CNC(=O)c2cc3ncccn3n2)c(C)c1. The van der Waals surface area contributed by atoms with Crippen molar-refractivity contribution >= 4 is 17.5 Å². The van der Waals surface area contributed by atoms with E-state index < -0.39 is 0 Å². The second-order valence-electron chi connectivity index (χ2n) is 8.14. The summed E-state index contributed by atoms with van der Waals surface area (Å²) in [6.07, 6.45) is 5.09. The Morgan fingerprint density at radius 2 is 1.97 bits per heavy atom. The summed E-state index contributed by atoms with van der Waals surface area (Å²) in [5.74, 6) is -0.401. The van der Waals surface area contributed by atoms with Crippen LogP contribution in [0.25, 0.3) is 5.65 Å². The molecule has 3 heterocycles. The second kappa shape index (κ2) is 7.98. The molecule has 8 nitrogen and oxygen atoms in total. The minimum atomic E-state index is -0.337. The van der Waals surface area contributed by atoms with Gasteiger partial charge < -0.3 is 10.2 Å². The average Bonchev–Trinajstić information content (AvgIpc) is 3.09. The molecule has 2 amide bonds. The smallest absolute Gasteiger partial charge is 0.272 e. The molecule has 0 aliphatic carbocycles. The third-order valence-electron chi connectivity index (χ3n) is 4.63. The Morgan fingerprint density at radius 1 is 1.21 bits per heavy atom. The van der Waals surface area contributed by atoms with Crippen molar-refractivity contribution in [3.8, 4) is 0 Å². The summed E-state index contributed by atoms with van der Waals surface area (Å²) in [5.41, 5.74) is 2.91. The van der Waals surface area contributed by atoms with Gasteiger partial charge in [-0.25, -0.2) is 9.50 Å². The average molecular weight is 394 g/mol. The van der Waals surface area contributed by atoms with E-state index in [0.717, 1.165) is 11.1 Å². The topological polar surface area (TPSA) is 92.5 Å². The lowest BCUT2D eigenvalue weighted by Gasteiger charge is -2.30. The van der Waals surface area contributed by atoms with Gasteiger partial charge in [0, 0.05) is 44.8 Å². The molecule has 0 fully saturated rings. The maximum Gasteiger partial charge on any atom is 0.272 e. The summed E-state index contributed by atoms with van der Waals surface area (Å²) in [5, 5.41) is 7.14. The van der Waals surface area contributed by atoms with Crippen LogP contribution in [0.4, 0.5) is 0 Å². The largest absolute Gasteiger partial charge is 0.350 e. The molecule has 0 spiro atoms. The van der Waals surface area contributed by atoms with Crippen LogP contribution < -0.4 is 5.32 Å². The molecule has 0 bridgehead atoms. The van der Waals surface area contributed by atoms with Gasteiger partial charge >= 0.3 is 0 Å². The zero-order valence-electron chi connectivity index (χ0n) is 17.4. The van der Waals surface area contributed by atoms with Gasteiger partial charge in [-0.15, -0.1) is 0 Å². The van der Waals surface area contributed by atoms with E-state index in [9.17, 15) is 9.59 Å². The molecule has 0 aliphatic heterocycles. The molecule has 0 aliphatic rings. The van der Waals surface area contributed by atoms with Gasteiger partial charge in [0.1, 0.15) is 5.69 Å². The number of hydrogen-bond donors (Lipinski definition) is 1. The van der Waals surface area contributed by atoms with Crippen LogP contribution >= 0.6 is 0 Å². The van der Waals surface area contributed by atoms with Crippen molar-refractivity contribution in [3.63, 3.8) is 0 Å². The van der Waals surface area contributed by atoms with Crippen molar-refractivity contribution in [2.24, 2.45) is 5.41 Å². The summed E-state index contributed by atoms with van der Waals surface area (Å²) in [6.45, 7) is 8.69. The normalized spacial score (nSPS) is 11.5. The number of nitrogens with one attached hydrogen (secondary N) is 1. The van der Waals surface area contributed by atoms with Crippen LogP contribution in [0.1, 0.15) is 46.0 Å². The zero-order chi connectivity index (χ0) is 21.2. The van der Waals surface area contributed by atoms with Gasteiger partial charge in [0.25, 0.3) is 11.8 Å². The standard InChI is InChI=1S/C21H26N6O2/c1-14-9-15(2)18(23-11-14)20(29)26(5)13-21(3,4)12-24-19(28)16-10-17-22-7-6-8-27(17)25-16/h6-11H,12-13H2,1-5H3,(H,24,28). The first-order chi connectivity index (χ1) is 13.7. The van der Waals surface area contributed by atoms with Crippen molar-refractivity contribution in [2.75, 3.05) is 20.1 Å². The molecule has 0 radical (unpaired) electrons. The lowest BCUT2D eigenvalue weighted by atomic mass is 9.92. The van der Waals surface area contributed by atoms with Gasteiger partial charge in [-0.2, -0.15) is 5.10 Å².